The van der Waals surface area contributed by atoms with E-state index in [1.807, 2.05) is 0 Å². The van der Waals surface area contributed by atoms with Crippen molar-refractivity contribution in [2.45, 2.75) is 6.04 Å². The molecule has 0 bridgehead atoms. The number of ether oxygens (including phenoxy) is 1. The summed E-state index contributed by atoms with van der Waals surface area (Å²) in [4.78, 5) is 0. The van der Waals surface area contributed by atoms with Crippen molar-refractivity contribution in [3.63, 3.8) is 0 Å². The summed E-state index contributed by atoms with van der Waals surface area (Å²) in [5, 5.41) is 9.59. The lowest BCUT2D eigenvalue weighted by atomic mass is 10.1. The minimum absolute atomic E-state index is 0. The smallest absolute Gasteiger partial charge is 0.163 e. The lowest BCUT2D eigenvalue weighted by Gasteiger charge is -2.13. The molecule has 0 heterocycles. The maximum absolute atomic E-state index is 13.0. The topological polar surface area (TPSA) is 81.5 Å². The summed E-state index contributed by atoms with van der Waals surface area (Å²) in [7, 11) is 1.34. The van der Waals surface area contributed by atoms with Crippen LogP contribution < -0.4 is 16.2 Å². The van der Waals surface area contributed by atoms with Gasteiger partial charge in [-0.05, 0) is 6.07 Å². The van der Waals surface area contributed by atoms with Crippen molar-refractivity contribution in [1.82, 2.24) is 0 Å². The number of benzene rings is 1. The second-order valence-corrected chi connectivity index (χ2v) is 2.89. The van der Waals surface area contributed by atoms with E-state index >= 15 is 0 Å². The van der Waals surface area contributed by atoms with E-state index in [9.17, 15) is 9.50 Å². The van der Waals surface area contributed by atoms with Gasteiger partial charge in [-0.3, -0.25) is 0 Å². The zero-order valence-electron chi connectivity index (χ0n) is 8.24. The molecule has 1 rings (SSSR count). The molecule has 1 aromatic rings. The monoisotopic (exact) mass is 236 g/mol. The van der Waals surface area contributed by atoms with Crippen LogP contribution in [-0.2, 0) is 0 Å². The largest absolute Gasteiger partial charge is 0.504 e. The number of methoxy groups -OCH3 is 1. The number of phenolic OH excluding ortho intramolecular Hbond substituents is 1. The molecule has 0 aliphatic rings. The van der Waals surface area contributed by atoms with Crippen LogP contribution in [0.1, 0.15) is 11.6 Å². The molecule has 0 aliphatic carbocycles. The van der Waals surface area contributed by atoms with Crippen LogP contribution in [0, 0.1) is 5.82 Å². The Morgan fingerprint density at radius 3 is 2.60 bits per heavy atom. The van der Waals surface area contributed by atoms with E-state index < -0.39 is 11.9 Å². The fourth-order valence-corrected chi connectivity index (χ4v) is 1.16. The fraction of sp³-hybridized carbons (Fsp3) is 0.333. The summed E-state index contributed by atoms with van der Waals surface area (Å²) in [6, 6.07) is 1.64. The van der Waals surface area contributed by atoms with Gasteiger partial charge in [0, 0.05) is 24.2 Å². The summed E-state index contributed by atoms with van der Waals surface area (Å²) in [5.74, 6) is -0.616. The minimum Gasteiger partial charge on any atom is -0.504 e. The maximum atomic E-state index is 13.0. The van der Waals surface area contributed by atoms with Crippen molar-refractivity contribution in [1.29, 1.82) is 0 Å². The van der Waals surface area contributed by atoms with Crippen LogP contribution in [0.3, 0.4) is 0 Å². The molecule has 0 unspecified atom stereocenters. The third kappa shape index (κ3) is 2.95. The molecule has 1 atom stereocenters. The maximum Gasteiger partial charge on any atom is 0.163 e. The van der Waals surface area contributed by atoms with E-state index in [2.05, 4.69) is 0 Å². The van der Waals surface area contributed by atoms with Crippen LogP contribution in [0.15, 0.2) is 12.1 Å². The average Bonchev–Trinajstić information content (AvgIpc) is 2.19. The molecule has 1 aromatic carbocycles. The average molecular weight is 237 g/mol. The lowest BCUT2D eigenvalue weighted by Crippen LogP contribution is -2.21. The zero-order valence-corrected chi connectivity index (χ0v) is 9.05. The van der Waals surface area contributed by atoms with Crippen LogP contribution in [0.2, 0.25) is 0 Å². The predicted octanol–water partition coefficient (Wildman–Crippen LogP) is 0.920. The first-order chi connectivity index (χ1) is 6.60. The molecule has 5 N–H and O–H groups in total. The molecule has 0 fully saturated rings. The number of phenols is 1. The highest BCUT2D eigenvalue weighted by Gasteiger charge is 2.15. The van der Waals surface area contributed by atoms with Crippen molar-refractivity contribution >= 4 is 12.4 Å². The minimum atomic E-state index is -0.598. The first-order valence-electron chi connectivity index (χ1n) is 4.12. The summed E-state index contributed by atoms with van der Waals surface area (Å²) >= 11 is 0. The number of hydrogen-bond donors (Lipinski definition) is 3. The summed E-state index contributed by atoms with van der Waals surface area (Å²) in [6.45, 7) is 0.125. The van der Waals surface area contributed by atoms with Gasteiger partial charge >= 0.3 is 0 Å². The van der Waals surface area contributed by atoms with E-state index in [4.69, 9.17) is 16.2 Å². The molecule has 4 nitrogen and oxygen atoms in total. The van der Waals surface area contributed by atoms with E-state index in [1.165, 1.54) is 7.11 Å². The van der Waals surface area contributed by atoms with Crippen LogP contribution in [0.25, 0.3) is 0 Å². The number of rotatable bonds is 3. The van der Waals surface area contributed by atoms with Crippen molar-refractivity contribution in [3.8, 4) is 11.5 Å². The molecule has 6 heteroatoms. The third-order valence-corrected chi connectivity index (χ3v) is 1.94. The van der Waals surface area contributed by atoms with Crippen molar-refractivity contribution < 1.29 is 14.2 Å². The van der Waals surface area contributed by atoms with E-state index in [0.29, 0.717) is 0 Å². The normalized spacial score (nSPS) is 11.7. The lowest BCUT2D eigenvalue weighted by molar-refractivity contribution is 0.365. The highest BCUT2D eigenvalue weighted by Crippen LogP contribution is 2.33. The number of nitrogens with two attached hydrogens (primary N) is 2. The van der Waals surface area contributed by atoms with Gasteiger partial charge in [0.15, 0.2) is 11.5 Å². The van der Waals surface area contributed by atoms with Gasteiger partial charge in [0.25, 0.3) is 0 Å². The number of aromatic hydroxyl groups is 1. The molecule has 0 aliphatic heterocycles. The summed E-state index contributed by atoms with van der Waals surface area (Å²) in [6.07, 6.45) is 0. The van der Waals surface area contributed by atoms with Gasteiger partial charge < -0.3 is 21.3 Å². The Morgan fingerprint density at radius 1 is 1.53 bits per heavy atom. The fourth-order valence-electron chi connectivity index (χ4n) is 1.16. The standard InChI is InChI=1S/C9H13FN2O2.ClH/c1-14-8-3-5(10)2-6(9(8)13)7(12)4-11;/h2-3,7,13H,4,11-12H2,1H3;1H/t7-;/m1./s1. The molecular weight excluding hydrogens is 223 g/mol. The van der Waals surface area contributed by atoms with Crippen molar-refractivity contribution in [2.24, 2.45) is 11.5 Å². The Hall–Kier alpha value is -1.04. The molecule has 0 radical (unpaired) electrons. The molecule has 15 heavy (non-hydrogen) atoms. The van der Waals surface area contributed by atoms with Gasteiger partial charge in [-0.25, -0.2) is 4.39 Å². The molecular formula is C9H14ClFN2O2. The Labute approximate surface area is 93.4 Å². The highest BCUT2D eigenvalue weighted by atomic mass is 35.5. The molecule has 86 valence electrons. The molecule has 0 spiro atoms. The number of hydrogen-bond acceptors (Lipinski definition) is 4. The Balaban J connectivity index is 0.00000196. The second-order valence-electron chi connectivity index (χ2n) is 2.89. The van der Waals surface area contributed by atoms with E-state index in [1.54, 1.807) is 0 Å². The highest BCUT2D eigenvalue weighted by molar-refractivity contribution is 5.85. The van der Waals surface area contributed by atoms with Crippen molar-refractivity contribution in [3.05, 3.63) is 23.5 Å². The van der Waals surface area contributed by atoms with Gasteiger partial charge in [0.05, 0.1) is 7.11 Å². The second kappa shape index (κ2) is 5.75. The molecule has 0 amide bonds. The SMILES string of the molecule is COc1cc(F)cc([C@H](N)CN)c1O.Cl. The first-order valence-corrected chi connectivity index (χ1v) is 4.12. The van der Waals surface area contributed by atoms with Gasteiger partial charge in [-0.1, -0.05) is 0 Å². The van der Waals surface area contributed by atoms with Gasteiger partial charge in [0.1, 0.15) is 5.82 Å². The van der Waals surface area contributed by atoms with Crippen LogP contribution in [0.5, 0.6) is 11.5 Å². The van der Waals surface area contributed by atoms with Gasteiger partial charge in [-0.15, -0.1) is 12.4 Å². The Bertz CT molecular complexity index is 336. The Kier molecular flexibility index (Phi) is 5.35. The molecule has 0 saturated carbocycles. The van der Waals surface area contributed by atoms with Crippen LogP contribution in [0.4, 0.5) is 4.39 Å². The number of halogens is 2. The zero-order chi connectivity index (χ0) is 10.7. The quantitative estimate of drug-likeness (QED) is 0.729. The third-order valence-electron chi connectivity index (χ3n) is 1.94. The van der Waals surface area contributed by atoms with Crippen molar-refractivity contribution in [2.75, 3.05) is 13.7 Å². The van der Waals surface area contributed by atoms with Gasteiger partial charge in [-0.2, -0.15) is 0 Å². The van der Waals surface area contributed by atoms with Crippen LogP contribution in [-0.4, -0.2) is 18.8 Å². The first kappa shape index (κ1) is 14.0. The predicted molar refractivity (Wildman–Crippen MR) is 57.8 cm³/mol. The van der Waals surface area contributed by atoms with Gasteiger partial charge in [0.2, 0.25) is 0 Å². The molecule has 0 aromatic heterocycles. The van der Waals surface area contributed by atoms with E-state index in [-0.39, 0.29) is 36.0 Å². The summed E-state index contributed by atoms with van der Waals surface area (Å²) in [5.41, 5.74) is 11.1. The Morgan fingerprint density at radius 2 is 2.13 bits per heavy atom. The molecule has 0 saturated heterocycles. The van der Waals surface area contributed by atoms with Crippen LogP contribution >= 0.6 is 12.4 Å². The van der Waals surface area contributed by atoms with E-state index in [0.717, 1.165) is 12.1 Å². The summed E-state index contributed by atoms with van der Waals surface area (Å²) < 4.78 is 17.8.